The summed E-state index contributed by atoms with van der Waals surface area (Å²) in [5.74, 6) is 0.823. The Morgan fingerprint density at radius 2 is 2.27 bits per heavy atom. The molecule has 1 aromatic rings. The standard InChI is InChI=1S/C7H9ClN2O/c1-4(2)7-9-5(8)3-6(11)10-7/h3-4H,1-2H3,(H,9,10,11). The van der Waals surface area contributed by atoms with Crippen LogP contribution in [0.4, 0.5) is 0 Å². The number of hydrogen-bond donors (Lipinski definition) is 1. The van der Waals surface area contributed by atoms with Crippen molar-refractivity contribution in [2.45, 2.75) is 19.8 Å². The van der Waals surface area contributed by atoms with Gasteiger partial charge in [-0.25, -0.2) is 4.98 Å². The van der Waals surface area contributed by atoms with Crippen LogP contribution in [0.5, 0.6) is 0 Å². The van der Waals surface area contributed by atoms with Crippen molar-refractivity contribution in [1.29, 1.82) is 0 Å². The smallest absolute Gasteiger partial charge is 0.252 e. The lowest BCUT2D eigenvalue weighted by Crippen LogP contribution is -2.10. The SMILES string of the molecule is CC(C)c1nc(Cl)cc(=O)[nH]1. The van der Waals surface area contributed by atoms with E-state index in [2.05, 4.69) is 9.97 Å². The van der Waals surface area contributed by atoms with Gasteiger partial charge in [0.05, 0.1) is 0 Å². The van der Waals surface area contributed by atoms with Crippen molar-refractivity contribution in [2.75, 3.05) is 0 Å². The zero-order valence-electron chi connectivity index (χ0n) is 6.39. The van der Waals surface area contributed by atoms with E-state index in [0.29, 0.717) is 5.82 Å². The van der Waals surface area contributed by atoms with Gasteiger partial charge < -0.3 is 4.98 Å². The lowest BCUT2D eigenvalue weighted by molar-refractivity contribution is 0.766. The molecule has 1 heterocycles. The van der Waals surface area contributed by atoms with Crippen LogP contribution in [0, 0.1) is 0 Å². The Morgan fingerprint density at radius 1 is 1.64 bits per heavy atom. The molecule has 0 aliphatic heterocycles. The third kappa shape index (κ3) is 2.05. The van der Waals surface area contributed by atoms with Crippen LogP contribution in [0.1, 0.15) is 25.6 Å². The maximum atomic E-state index is 10.8. The predicted molar refractivity (Wildman–Crippen MR) is 44.0 cm³/mol. The van der Waals surface area contributed by atoms with E-state index in [1.165, 1.54) is 6.07 Å². The second-order valence-electron chi connectivity index (χ2n) is 2.61. The van der Waals surface area contributed by atoms with Crippen molar-refractivity contribution in [3.8, 4) is 0 Å². The van der Waals surface area contributed by atoms with Crippen molar-refractivity contribution < 1.29 is 0 Å². The van der Waals surface area contributed by atoms with E-state index >= 15 is 0 Å². The highest BCUT2D eigenvalue weighted by Gasteiger charge is 2.02. The number of H-pyrrole nitrogens is 1. The Kier molecular flexibility index (Phi) is 2.29. The summed E-state index contributed by atoms with van der Waals surface area (Å²) < 4.78 is 0. The molecule has 0 aromatic carbocycles. The van der Waals surface area contributed by atoms with Crippen molar-refractivity contribution in [3.05, 3.63) is 27.4 Å². The summed E-state index contributed by atoms with van der Waals surface area (Å²) in [6, 6.07) is 1.26. The first-order valence-corrected chi connectivity index (χ1v) is 3.74. The molecule has 60 valence electrons. The van der Waals surface area contributed by atoms with Crippen LogP contribution in [-0.4, -0.2) is 9.97 Å². The quantitative estimate of drug-likeness (QED) is 0.654. The van der Waals surface area contributed by atoms with E-state index in [-0.39, 0.29) is 16.6 Å². The average molecular weight is 173 g/mol. The van der Waals surface area contributed by atoms with E-state index in [4.69, 9.17) is 11.6 Å². The number of hydrogen-bond acceptors (Lipinski definition) is 2. The van der Waals surface area contributed by atoms with Gasteiger partial charge in [0.1, 0.15) is 11.0 Å². The molecule has 1 N–H and O–H groups in total. The summed E-state index contributed by atoms with van der Waals surface area (Å²) in [4.78, 5) is 17.4. The van der Waals surface area contributed by atoms with E-state index in [0.717, 1.165) is 0 Å². The molecule has 11 heavy (non-hydrogen) atoms. The second-order valence-corrected chi connectivity index (χ2v) is 3.00. The van der Waals surface area contributed by atoms with Gasteiger partial charge in [-0.1, -0.05) is 25.4 Å². The predicted octanol–water partition coefficient (Wildman–Crippen LogP) is 1.55. The van der Waals surface area contributed by atoms with Gasteiger partial charge in [-0.3, -0.25) is 4.79 Å². The molecule has 0 saturated heterocycles. The fourth-order valence-corrected chi connectivity index (χ4v) is 0.909. The summed E-state index contributed by atoms with van der Waals surface area (Å²) in [6.07, 6.45) is 0. The zero-order chi connectivity index (χ0) is 8.43. The highest BCUT2D eigenvalue weighted by Crippen LogP contribution is 2.08. The molecule has 0 bridgehead atoms. The van der Waals surface area contributed by atoms with Gasteiger partial charge in [0.25, 0.3) is 5.56 Å². The van der Waals surface area contributed by atoms with Gasteiger partial charge in [-0.2, -0.15) is 0 Å². The van der Waals surface area contributed by atoms with E-state index < -0.39 is 0 Å². The lowest BCUT2D eigenvalue weighted by Gasteiger charge is -2.02. The van der Waals surface area contributed by atoms with Crippen LogP contribution >= 0.6 is 11.6 Å². The van der Waals surface area contributed by atoms with Gasteiger partial charge in [0, 0.05) is 12.0 Å². The molecule has 0 saturated carbocycles. The Bertz CT molecular complexity index is 306. The van der Waals surface area contributed by atoms with E-state index in [9.17, 15) is 4.79 Å². The zero-order valence-corrected chi connectivity index (χ0v) is 7.14. The van der Waals surface area contributed by atoms with Gasteiger partial charge >= 0.3 is 0 Å². The molecule has 0 aliphatic rings. The second kappa shape index (κ2) is 3.05. The van der Waals surface area contributed by atoms with Crippen molar-refractivity contribution in [2.24, 2.45) is 0 Å². The van der Waals surface area contributed by atoms with Gasteiger partial charge in [-0.05, 0) is 0 Å². The maximum Gasteiger partial charge on any atom is 0.252 e. The first-order valence-electron chi connectivity index (χ1n) is 3.36. The Hall–Kier alpha value is -0.830. The van der Waals surface area contributed by atoms with E-state index in [1.807, 2.05) is 13.8 Å². The Balaban J connectivity index is 3.19. The summed E-state index contributed by atoms with van der Waals surface area (Å²) in [6.45, 7) is 3.88. The number of nitrogens with one attached hydrogen (secondary N) is 1. The number of aromatic amines is 1. The van der Waals surface area contributed by atoms with Crippen LogP contribution in [0.2, 0.25) is 5.15 Å². The molecule has 4 heteroatoms. The van der Waals surface area contributed by atoms with Gasteiger partial charge in [-0.15, -0.1) is 0 Å². The molecule has 1 rings (SSSR count). The van der Waals surface area contributed by atoms with Gasteiger partial charge in [0.2, 0.25) is 0 Å². The summed E-state index contributed by atoms with van der Waals surface area (Å²) in [7, 11) is 0. The topological polar surface area (TPSA) is 45.8 Å². The van der Waals surface area contributed by atoms with Crippen molar-refractivity contribution >= 4 is 11.6 Å². The maximum absolute atomic E-state index is 10.8. The van der Waals surface area contributed by atoms with Crippen LogP contribution in [0.25, 0.3) is 0 Å². The van der Waals surface area contributed by atoms with Crippen LogP contribution in [0.15, 0.2) is 10.9 Å². The fraction of sp³-hybridized carbons (Fsp3) is 0.429. The molecule has 0 radical (unpaired) electrons. The summed E-state index contributed by atoms with van der Waals surface area (Å²) >= 11 is 5.56. The van der Waals surface area contributed by atoms with Crippen LogP contribution < -0.4 is 5.56 Å². The van der Waals surface area contributed by atoms with Crippen molar-refractivity contribution in [3.63, 3.8) is 0 Å². The first kappa shape index (κ1) is 8.27. The summed E-state index contributed by atoms with van der Waals surface area (Å²) in [5, 5.41) is 0.248. The molecule has 1 aromatic heterocycles. The molecule has 0 aliphatic carbocycles. The van der Waals surface area contributed by atoms with E-state index in [1.54, 1.807) is 0 Å². The third-order valence-corrected chi connectivity index (χ3v) is 1.47. The lowest BCUT2D eigenvalue weighted by atomic mass is 10.2. The minimum atomic E-state index is -0.200. The number of rotatable bonds is 1. The van der Waals surface area contributed by atoms with Crippen LogP contribution in [-0.2, 0) is 0 Å². The fourth-order valence-electron chi connectivity index (χ4n) is 0.719. The Morgan fingerprint density at radius 3 is 2.73 bits per heavy atom. The van der Waals surface area contributed by atoms with Crippen molar-refractivity contribution in [1.82, 2.24) is 9.97 Å². The molecule has 0 spiro atoms. The number of nitrogens with zero attached hydrogens (tertiary/aromatic N) is 1. The minimum Gasteiger partial charge on any atom is -0.310 e. The monoisotopic (exact) mass is 172 g/mol. The summed E-state index contributed by atoms with van der Waals surface area (Å²) in [5.41, 5.74) is -0.200. The Labute approximate surface area is 69.4 Å². The highest BCUT2D eigenvalue weighted by molar-refractivity contribution is 6.29. The van der Waals surface area contributed by atoms with Crippen LogP contribution in [0.3, 0.4) is 0 Å². The molecule has 0 fully saturated rings. The molecular formula is C7H9ClN2O. The normalized spacial score (nSPS) is 10.5. The van der Waals surface area contributed by atoms with Gasteiger partial charge in [0.15, 0.2) is 0 Å². The molecular weight excluding hydrogens is 164 g/mol. The molecule has 3 nitrogen and oxygen atoms in total. The number of aromatic nitrogens is 2. The molecule has 0 unspecified atom stereocenters. The average Bonchev–Trinajstić information content (AvgIpc) is 1.85. The number of halogens is 1. The third-order valence-electron chi connectivity index (χ3n) is 1.28. The molecule has 0 amide bonds. The molecule has 0 atom stereocenters. The largest absolute Gasteiger partial charge is 0.310 e. The highest BCUT2D eigenvalue weighted by atomic mass is 35.5. The minimum absolute atomic E-state index is 0.196. The first-order chi connectivity index (χ1) is 5.09.